The van der Waals surface area contributed by atoms with E-state index in [-0.39, 0.29) is 12.3 Å². The number of amides is 3. The van der Waals surface area contributed by atoms with Crippen molar-refractivity contribution in [2.75, 3.05) is 5.32 Å². The zero-order valence-electron chi connectivity index (χ0n) is 14.1. The van der Waals surface area contributed by atoms with Crippen LogP contribution < -0.4 is 16.2 Å². The number of carbonyl (C=O) groups excluding carboxylic acids is 3. The zero-order chi connectivity index (χ0) is 20.3. The van der Waals surface area contributed by atoms with Gasteiger partial charge in [0.25, 0.3) is 5.91 Å². The third-order valence-electron chi connectivity index (χ3n) is 3.66. The first kappa shape index (κ1) is 19.7. The van der Waals surface area contributed by atoms with Gasteiger partial charge in [0, 0.05) is 17.5 Å². The number of hydrazine groups is 1. The van der Waals surface area contributed by atoms with Gasteiger partial charge in [-0.3, -0.25) is 29.9 Å². The van der Waals surface area contributed by atoms with E-state index in [2.05, 4.69) is 21.3 Å². The Kier molecular flexibility index (Phi) is 5.58. The predicted octanol–water partition coefficient (Wildman–Crippen LogP) is 1.55. The molecule has 1 aliphatic rings. The highest BCUT2D eigenvalue weighted by molar-refractivity contribution is 8.01. The molecule has 148 valence electrons. The number of hydrogen-bond donors (Lipinski definition) is 3. The molecule has 1 aromatic heterocycles. The van der Waals surface area contributed by atoms with E-state index < -0.39 is 35.5 Å². The largest absolute Gasteiger partial charge is 0.435 e. The number of anilines is 1. The van der Waals surface area contributed by atoms with Gasteiger partial charge < -0.3 is 5.32 Å². The second-order valence-corrected chi connectivity index (χ2v) is 7.03. The van der Waals surface area contributed by atoms with Crippen LogP contribution in [0.5, 0.6) is 0 Å². The van der Waals surface area contributed by atoms with E-state index in [9.17, 15) is 27.6 Å². The first-order valence-electron chi connectivity index (χ1n) is 7.97. The fraction of sp³-hybridized carbons (Fsp3) is 0.250. The lowest BCUT2D eigenvalue weighted by atomic mass is 10.2. The summed E-state index contributed by atoms with van der Waals surface area (Å²) in [6.07, 6.45) is -3.79. The molecule has 0 radical (unpaired) electrons. The third kappa shape index (κ3) is 4.82. The lowest BCUT2D eigenvalue weighted by Crippen LogP contribution is -2.45. The van der Waals surface area contributed by atoms with E-state index in [1.54, 1.807) is 18.2 Å². The molecular weight excluding hydrogens is 399 g/mol. The van der Waals surface area contributed by atoms with Crippen LogP contribution in [0.1, 0.15) is 12.1 Å². The average molecular weight is 413 g/mol. The molecule has 1 aliphatic heterocycles. The van der Waals surface area contributed by atoms with Crippen molar-refractivity contribution in [3.05, 3.63) is 42.2 Å². The molecule has 12 heteroatoms. The Morgan fingerprint density at radius 1 is 1.18 bits per heavy atom. The van der Waals surface area contributed by atoms with Gasteiger partial charge in [-0.05, 0) is 18.2 Å². The topological polar surface area (TPSA) is 105 Å². The number of fused-ring (bicyclic) bond motifs is 1. The SMILES string of the molecule is O=C(C[C@@H]1Sc2ccccc2NC1=O)NNC(=O)Cn1ccc(C(F)(F)F)n1. The highest BCUT2D eigenvalue weighted by Gasteiger charge is 2.33. The fourth-order valence-corrected chi connectivity index (χ4v) is 3.48. The molecule has 3 rings (SSSR count). The van der Waals surface area contributed by atoms with Crippen LogP contribution in [-0.2, 0) is 27.1 Å². The Balaban J connectivity index is 1.47. The number of benzene rings is 1. The van der Waals surface area contributed by atoms with Crippen molar-refractivity contribution in [2.45, 2.75) is 29.3 Å². The molecule has 28 heavy (non-hydrogen) atoms. The molecule has 2 aromatic rings. The highest BCUT2D eigenvalue weighted by atomic mass is 32.2. The average Bonchev–Trinajstić information content (AvgIpc) is 3.09. The van der Waals surface area contributed by atoms with Gasteiger partial charge >= 0.3 is 6.18 Å². The summed E-state index contributed by atoms with van der Waals surface area (Å²) in [6.45, 7) is -0.512. The summed E-state index contributed by atoms with van der Waals surface area (Å²) in [4.78, 5) is 36.6. The first-order valence-corrected chi connectivity index (χ1v) is 8.85. The van der Waals surface area contributed by atoms with Crippen LogP contribution in [0.3, 0.4) is 0 Å². The van der Waals surface area contributed by atoms with Crippen LogP contribution >= 0.6 is 11.8 Å². The fourth-order valence-electron chi connectivity index (χ4n) is 2.37. The van der Waals surface area contributed by atoms with Gasteiger partial charge in [0.15, 0.2) is 5.69 Å². The van der Waals surface area contributed by atoms with Gasteiger partial charge in [-0.2, -0.15) is 18.3 Å². The summed E-state index contributed by atoms with van der Waals surface area (Å²) in [6, 6.07) is 7.88. The Labute approximate surface area is 160 Å². The van der Waals surface area contributed by atoms with Crippen LogP contribution in [0.25, 0.3) is 0 Å². The number of nitrogens with one attached hydrogen (secondary N) is 3. The van der Waals surface area contributed by atoms with Gasteiger partial charge in [-0.15, -0.1) is 11.8 Å². The molecule has 3 N–H and O–H groups in total. The van der Waals surface area contributed by atoms with Crippen LogP contribution in [0.2, 0.25) is 0 Å². The number of alkyl halides is 3. The summed E-state index contributed by atoms with van der Waals surface area (Å²) < 4.78 is 38.2. The van der Waals surface area contributed by atoms with Crippen molar-refractivity contribution < 1.29 is 27.6 Å². The molecule has 0 saturated carbocycles. The number of hydrogen-bond acceptors (Lipinski definition) is 5. The molecule has 0 unspecified atom stereocenters. The predicted molar refractivity (Wildman–Crippen MR) is 92.8 cm³/mol. The minimum Gasteiger partial charge on any atom is -0.324 e. The lowest BCUT2D eigenvalue weighted by molar-refractivity contribution is -0.141. The van der Waals surface area contributed by atoms with Gasteiger partial charge in [-0.1, -0.05) is 12.1 Å². The second kappa shape index (κ2) is 7.92. The Morgan fingerprint density at radius 2 is 1.89 bits per heavy atom. The molecule has 0 aliphatic carbocycles. The normalized spacial score (nSPS) is 16.1. The van der Waals surface area contributed by atoms with Crippen molar-refractivity contribution in [3.63, 3.8) is 0 Å². The maximum Gasteiger partial charge on any atom is 0.435 e. The molecule has 3 amide bonds. The number of halogens is 3. The number of rotatable bonds is 4. The molecule has 0 spiro atoms. The maximum absolute atomic E-state index is 12.5. The van der Waals surface area contributed by atoms with Crippen molar-refractivity contribution in [1.82, 2.24) is 20.6 Å². The summed E-state index contributed by atoms with van der Waals surface area (Å²) in [5, 5.41) is 5.26. The van der Waals surface area contributed by atoms with E-state index >= 15 is 0 Å². The minimum absolute atomic E-state index is 0.189. The molecule has 2 heterocycles. The van der Waals surface area contributed by atoms with Crippen molar-refractivity contribution in [2.24, 2.45) is 0 Å². The van der Waals surface area contributed by atoms with Gasteiger partial charge in [0.2, 0.25) is 11.8 Å². The van der Waals surface area contributed by atoms with Crippen molar-refractivity contribution >= 4 is 35.2 Å². The molecule has 0 bridgehead atoms. The van der Waals surface area contributed by atoms with Crippen LogP contribution in [0, 0.1) is 0 Å². The number of para-hydroxylation sites is 1. The first-order chi connectivity index (χ1) is 13.2. The number of thioether (sulfide) groups is 1. The molecule has 1 atom stereocenters. The van der Waals surface area contributed by atoms with E-state index in [0.29, 0.717) is 5.69 Å². The highest BCUT2D eigenvalue weighted by Crippen LogP contribution is 2.36. The molecule has 0 saturated heterocycles. The monoisotopic (exact) mass is 413 g/mol. The smallest absolute Gasteiger partial charge is 0.324 e. The summed E-state index contributed by atoms with van der Waals surface area (Å²) in [5.74, 6) is -1.71. The molecule has 1 aromatic carbocycles. The van der Waals surface area contributed by atoms with Crippen molar-refractivity contribution in [3.8, 4) is 0 Å². The summed E-state index contributed by atoms with van der Waals surface area (Å²) in [7, 11) is 0. The number of carbonyl (C=O) groups is 3. The quantitative estimate of drug-likeness (QED) is 0.660. The van der Waals surface area contributed by atoms with E-state index in [4.69, 9.17) is 0 Å². The summed E-state index contributed by atoms with van der Waals surface area (Å²) >= 11 is 1.23. The number of nitrogens with zero attached hydrogens (tertiary/aromatic N) is 2. The minimum atomic E-state index is -4.60. The maximum atomic E-state index is 12.5. The molecule has 0 fully saturated rings. The van der Waals surface area contributed by atoms with Crippen LogP contribution in [0.15, 0.2) is 41.4 Å². The van der Waals surface area contributed by atoms with Crippen LogP contribution in [-0.4, -0.2) is 32.8 Å². The Hall–Kier alpha value is -3.02. The van der Waals surface area contributed by atoms with Gasteiger partial charge in [0.05, 0.1) is 10.9 Å². The lowest BCUT2D eigenvalue weighted by Gasteiger charge is -2.23. The zero-order valence-corrected chi connectivity index (χ0v) is 14.9. The summed E-state index contributed by atoms with van der Waals surface area (Å²) in [5.41, 5.74) is 3.76. The van der Waals surface area contributed by atoms with Crippen LogP contribution in [0.4, 0.5) is 18.9 Å². The second-order valence-electron chi connectivity index (χ2n) is 5.79. The Morgan fingerprint density at radius 3 is 2.61 bits per heavy atom. The van der Waals surface area contributed by atoms with E-state index in [0.717, 1.165) is 21.8 Å². The third-order valence-corrected chi connectivity index (χ3v) is 4.93. The van der Waals surface area contributed by atoms with Gasteiger partial charge in [-0.25, -0.2) is 0 Å². The van der Waals surface area contributed by atoms with Crippen molar-refractivity contribution in [1.29, 1.82) is 0 Å². The standard InChI is InChI=1S/C16H14F3N5O3S/c17-16(18,19)12-5-6-24(23-12)8-14(26)22-21-13(25)7-11-15(27)20-9-3-1-2-4-10(9)28-11/h1-6,11H,7-8H2,(H,20,27)(H,21,25)(H,22,26)/t11-/m0/s1. The van der Waals surface area contributed by atoms with Gasteiger partial charge in [0.1, 0.15) is 6.54 Å². The Bertz CT molecular complexity index is 915. The van der Waals surface area contributed by atoms with E-state index in [1.165, 1.54) is 11.8 Å². The molecular formula is C16H14F3N5O3S. The number of aromatic nitrogens is 2. The molecule has 8 nitrogen and oxygen atoms in total. The van der Waals surface area contributed by atoms with E-state index in [1.807, 2.05) is 6.07 Å².